The molecule has 0 aliphatic rings. The largest absolute Gasteiger partial charge is 0.475 e. The van der Waals surface area contributed by atoms with E-state index in [4.69, 9.17) is 9.52 Å². The van der Waals surface area contributed by atoms with Gasteiger partial charge >= 0.3 is 5.97 Å². The van der Waals surface area contributed by atoms with E-state index in [-0.39, 0.29) is 5.76 Å². The van der Waals surface area contributed by atoms with Gasteiger partial charge in [0.15, 0.2) is 5.09 Å². The van der Waals surface area contributed by atoms with Gasteiger partial charge in [-0.25, -0.2) is 9.78 Å². The van der Waals surface area contributed by atoms with Crippen LogP contribution in [-0.4, -0.2) is 16.1 Å². The molecule has 6 heteroatoms. The molecule has 2 heterocycles. The Kier molecular flexibility index (Phi) is 3.08. The van der Waals surface area contributed by atoms with E-state index < -0.39 is 5.97 Å². The minimum atomic E-state index is -1.05. The Morgan fingerprint density at radius 2 is 2.47 bits per heavy atom. The highest BCUT2D eigenvalue weighted by Gasteiger charge is 2.09. The van der Waals surface area contributed by atoms with Crippen LogP contribution in [0.25, 0.3) is 0 Å². The summed E-state index contributed by atoms with van der Waals surface area (Å²) in [6.45, 7) is 0. The molecule has 0 saturated carbocycles. The van der Waals surface area contributed by atoms with Crippen LogP contribution in [0, 0.1) is 0 Å². The van der Waals surface area contributed by atoms with E-state index in [9.17, 15) is 4.79 Å². The highest BCUT2D eigenvalue weighted by molar-refractivity contribution is 7.98. The zero-order valence-corrected chi connectivity index (χ0v) is 9.18. The quantitative estimate of drug-likeness (QED) is 0.834. The number of hydrogen-bond donors (Lipinski definition) is 1. The van der Waals surface area contributed by atoms with Crippen molar-refractivity contribution in [2.24, 2.45) is 0 Å². The molecular formula is C9H7NO3S2. The fourth-order valence-corrected chi connectivity index (χ4v) is 2.39. The van der Waals surface area contributed by atoms with Crippen LogP contribution in [0.1, 0.15) is 16.2 Å². The average Bonchev–Trinajstić information content (AvgIpc) is 2.86. The monoisotopic (exact) mass is 241 g/mol. The molecule has 15 heavy (non-hydrogen) atoms. The predicted molar refractivity (Wildman–Crippen MR) is 57.3 cm³/mol. The molecule has 0 fully saturated rings. The lowest BCUT2D eigenvalue weighted by Crippen LogP contribution is -1.91. The topological polar surface area (TPSA) is 63.3 Å². The van der Waals surface area contributed by atoms with Gasteiger partial charge in [0.05, 0.1) is 11.2 Å². The maximum atomic E-state index is 10.5. The Labute approximate surface area is 94.0 Å². The first-order valence-corrected chi connectivity index (χ1v) is 6.01. The molecule has 78 valence electrons. The van der Waals surface area contributed by atoms with Crippen molar-refractivity contribution in [3.05, 3.63) is 34.5 Å². The van der Waals surface area contributed by atoms with Gasteiger partial charge in [-0.15, -0.1) is 11.3 Å². The van der Waals surface area contributed by atoms with Crippen LogP contribution in [0.3, 0.4) is 0 Å². The van der Waals surface area contributed by atoms with Crippen molar-refractivity contribution in [3.63, 3.8) is 0 Å². The summed E-state index contributed by atoms with van der Waals surface area (Å²) in [4.78, 5) is 14.6. The van der Waals surface area contributed by atoms with Crippen molar-refractivity contribution in [3.8, 4) is 0 Å². The molecule has 0 bridgehead atoms. The molecule has 2 aromatic heterocycles. The summed E-state index contributed by atoms with van der Waals surface area (Å²) in [5.74, 6) is -0.387. The van der Waals surface area contributed by atoms with Gasteiger partial charge in [-0.3, -0.25) is 0 Å². The van der Waals surface area contributed by atoms with Crippen molar-refractivity contribution in [1.29, 1.82) is 0 Å². The van der Waals surface area contributed by atoms with Crippen molar-refractivity contribution in [1.82, 2.24) is 4.98 Å². The second-order valence-electron chi connectivity index (χ2n) is 2.69. The Bertz CT molecular complexity index is 450. The number of rotatable bonds is 4. The molecular weight excluding hydrogens is 234 g/mol. The molecule has 0 aliphatic heterocycles. The third-order valence-corrected chi connectivity index (χ3v) is 3.22. The van der Waals surface area contributed by atoms with Crippen LogP contribution in [0.15, 0.2) is 32.5 Å². The summed E-state index contributed by atoms with van der Waals surface area (Å²) < 4.78 is 5.08. The Morgan fingerprint density at radius 3 is 3.07 bits per heavy atom. The second kappa shape index (κ2) is 4.50. The summed E-state index contributed by atoms with van der Waals surface area (Å²) >= 11 is 2.97. The first kappa shape index (κ1) is 10.3. The zero-order chi connectivity index (χ0) is 10.7. The molecule has 0 saturated heterocycles. The Morgan fingerprint density at radius 1 is 1.60 bits per heavy atom. The lowest BCUT2D eigenvalue weighted by molar-refractivity contribution is 0.0656. The number of carboxylic acid groups (broad SMARTS) is 1. The molecule has 0 aromatic carbocycles. The summed E-state index contributed by atoms with van der Waals surface area (Å²) in [5, 5.41) is 11.2. The number of aromatic nitrogens is 1. The summed E-state index contributed by atoms with van der Waals surface area (Å²) in [7, 11) is 0. The summed E-state index contributed by atoms with van der Waals surface area (Å²) in [6.07, 6.45) is 0. The second-order valence-corrected chi connectivity index (χ2v) is 4.39. The van der Waals surface area contributed by atoms with Gasteiger partial charge in [0, 0.05) is 11.1 Å². The van der Waals surface area contributed by atoms with Crippen molar-refractivity contribution in [2.75, 3.05) is 0 Å². The number of hydrogen-bond acceptors (Lipinski definition) is 5. The van der Waals surface area contributed by atoms with E-state index in [0.717, 1.165) is 5.69 Å². The first-order valence-electron chi connectivity index (χ1n) is 4.08. The van der Waals surface area contributed by atoms with E-state index in [0.29, 0.717) is 10.8 Å². The maximum Gasteiger partial charge on any atom is 0.371 e. The molecule has 1 N–H and O–H groups in total. The smallest absolute Gasteiger partial charge is 0.371 e. The van der Waals surface area contributed by atoms with Crippen LogP contribution in [0.2, 0.25) is 0 Å². The highest BCUT2D eigenvalue weighted by atomic mass is 32.2. The number of thiazole rings is 1. The Balaban J connectivity index is 1.96. The van der Waals surface area contributed by atoms with Crippen molar-refractivity contribution >= 4 is 29.1 Å². The van der Waals surface area contributed by atoms with Crippen molar-refractivity contribution < 1.29 is 14.3 Å². The van der Waals surface area contributed by atoms with E-state index in [1.807, 2.05) is 5.38 Å². The number of carboxylic acids is 1. The van der Waals surface area contributed by atoms with Gasteiger partial charge in [0.1, 0.15) is 0 Å². The molecule has 2 rings (SSSR count). The fourth-order valence-electron chi connectivity index (χ4n) is 0.967. The molecule has 2 aromatic rings. The van der Waals surface area contributed by atoms with E-state index in [2.05, 4.69) is 4.98 Å². The SMILES string of the molecule is O=C(O)c1ccc(SCc2cscn2)o1. The van der Waals surface area contributed by atoms with Crippen molar-refractivity contribution in [2.45, 2.75) is 10.8 Å². The molecule has 0 amide bonds. The van der Waals surface area contributed by atoms with Crippen LogP contribution in [0.5, 0.6) is 0 Å². The molecule has 4 nitrogen and oxygen atoms in total. The van der Waals surface area contributed by atoms with Gasteiger partial charge in [-0.05, 0) is 12.1 Å². The van der Waals surface area contributed by atoms with Crippen LogP contribution >= 0.6 is 23.1 Å². The van der Waals surface area contributed by atoms with E-state index in [1.54, 1.807) is 11.6 Å². The summed E-state index contributed by atoms with van der Waals surface area (Å²) in [5.41, 5.74) is 2.74. The summed E-state index contributed by atoms with van der Waals surface area (Å²) in [6, 6.07) is 3.10. The molecule has 0 radical (unpaired) electrons. The van der Waals surface area contributed by atoms with Gasteiger partial charge in [-0.1, -0.05) is 11.8 Å². The third-order valence-electron chi connectivity index (χ3n) is 1.64. The highest BCUT2D eigenvalue weighted by Crippen LogP contribution is 2.24. The zero-order valence-electron chi connectivity index (χ0n) is 7.54. The molecule has 0 aliphatic carbocycles. The number of thioether (sulfide) groups is 1. The van der Waals surface area contributed by atoms with Gasteiger partial charge in [0.2, 0.25) is 5.76 Å². The minimum absolute atomic E-state index is 0.0317. The van der Waals surface area contributed by atoms with Crippen LogP contribution in [-0.2, 0) is 5.75 Å². The fraction of sp³-hybridized carbons (Fsp3) is 0.111. The number of nitrogens with zero attached hydrogens (tertiary/aromatic N) is 1. The van der Waals surface area contributed by atoms with Gasteiger partial charge in [0.25, 0.3) is 0 Å². The number of furan rings is 1. The normalized spacial score (nSPS) is 10.4. The van der Waals surface area contributed by atoms with E-state index in [1.165, 1.54) is 29.2 Å². The average molecular weight is 241 g/mol. The predicted octanol–water partition coefficient (Wildman–Crippen LogP) is 2.73. The van der Waals surface area contributed by atoms with Gasteiger partial charge < -0.3 is 9.52 Å². The van der Waals surface area contributed by atoms with Crippen LogP contribution in [0.4, 0.5) is 0 Å². The van der Waals surface area contributed by atoms with E-state index >= 15 is 0 Å². The minimum Gasteiger partial charge on any atom is -0.475 e. The lowest BCUT2D eigenvalue weighted by atomic mass is 10.5. The van der Waals surface area contributed by atoms with Crippen LogP contribution < -0.4 is 0 Å². The maximum absolute atomic E-state index is 10.5. The first-order chi connectivity index (χ1) is 7.25. The standard InChI is InChI=1S/C9H7NO3S2/c11-9(12)7-1-2-8(13-7)15-4-6-3-14-5-10-6/h1-3,5H,4H2,(H,11,12). The lowest BCUT2D eigenvalue weighted by Gasteiger charge is -1.93. The number of aromatic carboxylic acids is 1. The molecule has 0 spiro atoms. The van der Waals surface area contributed by atoms with Gasteiger partial charge in [-0.2, -0.15) is 0 Å². The number of carbonyl (C=O) groups is 1. The molecule has 0 unspecified atom stereocenters. The Hall–Kier alpha value is -1.27. The third kappa shape index (κ3) is 2.60. The molecule has 0 atom stereocenters.